The maximum Gasteiger partial charge on any atom is 0.187 e. The summed E-state index contributed by atoms with van der Waals surface area (Å²) in [5.41, 5.74) is 0.530. The Balaban J connectivity index is 1.76. The molecule has 0 fully saturated rings. The second-order valence-corrected chi connectivity index (χ2v) is 4.35. The van der Waals surface area contributed by atoms with Crippen LogP contribution in [0.3, 0.4) is 0 Å². The number of nitrogens with zero attached hydrogens (tertiary/aromatic N) is 2. The third kappa shape index (κ3) is 3.71. The van der Waals surface area contributed by atoms with E-state index in [-0.39, 0.29) is 5.82 Å². The number of aromatic nitrogens is 2. The summed E-state index contributed by atoms with van der Waals surface area (Å²) in [7, 11) is 0. The van der Waals surface area contributed by atoms with Crippen LogP contribution in [0, 0.1) is 5.82 Å². The number of thioether (sulfide) groups is 1. The first-order chi connectivity index (χ1) is 8.36. The summed E-state index contributed by atoms with van der Waals surface area (Å²) in [5, 5.41) is 3.77. The van der Waals surface area contributed by atoms with E-state index < -0.39 is 0 Å². The van der Waals surface area contributed by atoms with Crippen LogP contribution in [-0.2, 0) is 0 Å². The van der Waals surface area contributed by atoms with Crippen molar-refractivity contribution in [2.75, 3.05) is 17.6 Å². The molecule has 2 rings (SSSR count). The van der Waals surface area contributed by atoms with Crippen molar-refractivity contribution in [3.63, 3.8) is 0 Å². The van der Waals surface area contributed by atoms with Crippen LogP contribution in [-0.4, -0.2) is 22.3 Å². The Hall–Kier alpha value is -1.62. The lowest BCUT2D eigenvalue weighted by atomic mass is 10.3. The second kappa shape index (κ2) is 6.20. The lowest BCUT2D eigenvalue weighted by molar-refractivity contribution is 0.630. The van der Waals surface area contributed by atoms with Gasteiger partial charge in [0.2, 0.25) is 0 Å². The molecule has 0 aliphatic heterocycles. The molecule has 0 amide bonds. The molecule has 0 radical (unpaired) electrons. The van der Waals surface area contributed by atoms with Crippen LogP contribution in [0.15, 0.2) is 47.9 Å². The van der Waals surface area contributed by atoms with E-state index in [0.717, 1.165) is 10.9 Å². The Morgan fingerprint density at radius 3 is 2.65 bits per heavy atom. The molecule has 0 saturated carbocycles. The summed E-state index contributed by atoms with van der Waals surface area (Å²) in [4.78, 5) is 8.18. The van der Waals surface area contributed by atoms with Crippen molar-refractivity contribution >= 4 is 17.4 Å². The van der Waals surface area contributed by atoms with Crippen LogP contribution in [0.1, 0.15) is 0 Å². The third-order valence-corrected chi connectivity index (χ3v) is 2.94. The van der Waals surface area contributed by atoms with Gasteiger partial charge >= 0.3 is 0 Å². The summed E-state index contributed by atoms with van der Waals surface area (Å²) in [5.74, 6) is 0.562. The van der Waals surface area contributed by atoms with Gasteiger partial charge in [0.15, 0.2) is 5.16 Å². The Morgan fingerprint density at radius 1 is 1.12 bits per heavy atom. The molecule has 1 heterocycles. The average molecular weight is 249 g/mol. The van der Waals surface area contributed by atoms with Crippen molar-refractivity contribution in [3.05, 3.63) is 48.5 Å². The molecular formula is C12H12FN3S. The van der Waals surface area contributed by atoms with Gasteiger partial charge in [-0.1, -0.05) is 23.9 Å². The Kier molecular flexibility index (Phi) is 4.32. The largest absolute Gasteiger partial charge is 0.382 e. The molecule has 0 unspecified atom stereocenters. The van der Waals surface area contributed by atoms with E-state index in [1.54, 1.807) is 36.7 Å². The zero-order valence-electron chi connectivity index (χ0n) is 9.14. The Morgan fingerprint density at radius 2 is 1.88 bits per heavy atom. The molecule has 0 aliphatic carbocycles. The molecule has 88 valence electrons. The molecule has 1 aromatic carbocycles. The van der Waals surface area contributed by atoms with E-state index in [9.17, 15) is 4.39 Å². The standard InChI is InChI=1S/C12H12FN3S/c13-10-4-1-2-5-11(10)14-8-9-17-12-15-6-3-7-16-12/h1-7,14H,8-9H2. The first-order valence-corrected chi connectivity index (χ1v) is 6.23. The Bertz CT molecular complexity index is 464. The van der Waals surface area contributed by atoms with Crippen molar-refractivity contribution in [2.45, 2.75) is 5.16 Å². The van der Waals surface area contributed by atoms with Crippen molar-refractivity contribution in [1.29, 1.82) is 0 Å². The molecule has 1 N–H and O–H groups in total. The summed E-state index contributed by atoms with van der Waals surface area (Å²) < 4.78 is 13.2. The highest BCUT2D eigenvalue weighted by atomic mass is 32.2. The van der Waals surface area contributed by atoms with Gasteiger partial charge in [0.25, 0.3) is 0 Å². The minimum Gasteiger partial charge on any atom is -0.382 e. The number of anilines is 1. The van der Waals surface area contributed by atoms with Crippen LogP contribution in [0.2, 0.25) is 0 Å². The number of hydrogen-bond acceptors (Lipinski definition) is 4. The van der Waals surface area contributed by atoms with Gasteiger partial charge in [0.05, 0.1) is 5.69 Å². The first kappa shape index (κ1) is 11.9. The highest BCUT2D eigenvalue weighted by Gasteiger charge is 1.99. The summed E-state index contributed by atoms with van der Waals surface area (Å²) >= 11 is 1.54. The number of nitrogens with one attached hydrogen (secondary N) is 1. The van der Waals surface area contributed by atoms with E-state index in [0.29, 0.717) is 12.2 Å². The van der Waals surface area contributed by atoms with E-state index in [1.807, 2.05) is 0 Å². The summed E-state index contributed by atoms with van der Waals surface area (Å²) in [6.07, 6.45) is 3.42. The van der Waals surface area contributed by atoms with Crippen LogP contribution < -0.4 is 5.32 Å². The second-order valence-electron chi connectivity index (χ2n) is 3.29. The van der Waals surface area contributed by atoms with Gasteiger partial charge in [-0.3, -0.25) is 0 Å². The number of benzene rings is 1. The van der Waals surface area contributed by atoms with E-state index >= 15 is 0 Å². The number of rotatable bonds is 5. The van der Waals surface area contributed by atoms with Crippen molar-refractivity contribution in [2.24, 2.45) is 0 Å². The number of hydrogen-bond donors (Lipinski definition) is 1. The number of para-hydroxylation sites is 1. The highest BCUT2D eigenvalue weighted by molar-refractivity contribution is 7.99. The van der Waals surface area contributed by atoms with E-state index in [4.69, 9.17) is 0 Å². The molecular weight excluding hydrogens is 237 g/mol. The normalized spacial score (nSPS) is 10.2. The quantitative estimate of drug-likeness (QED) is 0.502. The van der Waals surface area contributed by atoms with Gasteiger partial charge < -0.3 is 5.32 Å². The van der Waals surface area contributed by atoms with Crippen LogP contribution in [0.4, 0.5) is 10.1 Å². The fourth-order valence-corrected chi connectivity index (χ4v) is 1.95. The summed E-state index contributed by atoms with van der Waals surface area (Å²) in [6, 6.07) is 8.42. The van der Waals surface area contributed by atoms with Gasteiger partial charge in [-0.15, -0.1) is 0 Å². The molecule has 0 bridgehead atoms. The maximum atomic E-state index is 13.2. The fraction of sp³-hybridized carbons (Fsp3) is 0.167. The molecule has 0 saturated heterocycles. The van der Waals surface area contributed by atoms with Gasteiger partial charge in [-0.25, -0.2) is 14.4 Å². The fourth-order valence-electron chi connectivity index (χ4n) is 1.29. The van der Waals surface area contributed by atoms with Crippen molar-refractivity contribution < 1.29 is 4.39 Å². The predicted molar refractivity (Wildman–Crippen MR) is 67.6 cm³/mol. The molecule has 0 aliphatic rings. The van der Waals surface area contributed by atoms with Crippen molar-refractivity contribution in [1.82, 2.24) is 9.97 Å². The maximum absolute atomic E-state index is 13.2. The van der Waals surface area contributed by atoms with Crippen LogP contribution >= 0.6 is 11.8 Å². The molecule has 1 aromatic heterocycles. The molecule has 0 spiro atoms. The topological polar surface area (TPSA) is 37.8 Å². The Labute approximate surface area is 103 Å². The zero-order valence-corrected chi connectivity index (χ0v) is 9.95. The SMILES string of the molecule is Fc1ccccc1NCCSc1ncccn1. The van der Waals surface area contributed by atoms with E-state index in [2.05, 4.69) is 15.3 Å². The highest BCUT2D eigenvalue weighted by Crippen LogP contribution is 2.14. The van der Waals surface area contributed by atoms with Crippen molar-refractivity contribution in [3.8, 4) is 0 Å². The first-order valence-electron chi connectivity index (χ1n) is 5.24. The molecule has 17 heavy (non-hydrogen) atoms. The smallest absolute Gasteiger partial charge is 0.187 e. The minimum absolute atomic E-state index is 0.228. The minimum atomic E-state index is -0.228. The van der Waals surface area contributed by atoms with Crippen LogP contribution in [0.5, 0.6) is 0 Å². The summed E-state index contributed by atoms with van der Waals surface area (Å²) in [6.45, 7) is 0.670. The lowest BCUT2D eigenvalue weighted by Gasteiger charge is -2.06. The van der Waals surface area contributed by atoms with Gasteiger partial charge in [-0.2, -0.15) is 0 Å². The van der Waals surface area contributed by atoms with Gasteiger partial charge in [0.1, 0.15) is 5.82 Å². The lowest BCUT2D eigenvalue weighted by Crippen LogP contribution is -2.05. The predicted octanol–water partition coefficient (Wildman–Crippen LogP) is 2.82. The third-order valence-electron chi connectivity index (χ3n) is 2.06. The zero-order chi connectivity index (χ0) is 11.9. The molecule has 2 aromatic rings. The van der Waals surface area contributed by atoms with Gasteiger partial charge in [-0.05, 0) is 18.2 Å². The number of halogens is 1. The monoisotopic (exact) mass is 249 g/mol. The van der Waals surface area contributed by atoms with Crippen LogP contribution in [0.25, 0.3) is 0 Å². The molecule has 5 heteroatoms. The van der Waals surface area contributed by atoms with E-state index in [1.165, 1.54) is 17.8 Å². The molecule has 3 nitrogen and oxygen atoms in total. The average Bonchev–Trinajstić information content (AvgIpc) is 2.38. The van der Waals surface area contributed by atoms with Gasteiger partial charge in [0, 0.05) is 24.7 Å². The molecule has 0 atom stereocenters.